The molecule has 0 aliphatic heterocycles. The molecule has 3 nitrogen and oxygen atoms in total. The molecule has 0 aliphatic carbocycles. The lowest BCUT2D eigenvalue weighted by molar-refractivity contribution is 0.0285. The minimum Gasteiger partial charge on any atom is -0.468 e. The minimum absolute atomic E-state index is 0.599. The van der Waals surface area contributed by atoms with E-state index in [1.54, 1.807) is 6.26 Å². The summed E-state index contributed by atoms with van der Waals surface area (Å²) in [5, 5.41) is 10.1. The standard InChI is InChI=1S/C17H23NO2/c1-14-6-4-7-15(10-14)11-18(13-17(2,3)19)12-16-8-5-9-20-16/h4-10,19H,11-13H2,1-3H3. The Labute approximate surface area is 120 Å². The maximum atomic E-state index is 10.1. The molecule has 108 valence electrons. The second-order valence-electron chi connectivity index (χ2n) is 6.03. The lowest BCUT2D eigenvalue weighted by Crippen LogP contribution is -2.37. The van der Waals surface area contributed by atoms with E-state index in [1.165, 1.54) is 11.1 Å². The van der Waals surface area contributed by atoms with E-state index >= 15 is 0 Å². The van der Waals surface area contributed by atoms with E-state index in [9.17, 15) is 5.11 Å². The van der Waals surface area contributed by atoms with Crippen molar-refractivity contribution in [3.8, 4) is 0 Å². The molecule has 0 saturated carbocycles. The fraction of sp³-hybridized carbons (Fsp3) is 0.412. The average molecular weight is 273 g/mol. The monoisotopic (exact) mass is 273 g/mol. The molecule has 0 atom stereocenters. The minimum atomic E-state index is -0.726. The zero-order valence-corrected chi connectivity index (χ0v) is 12.5. The molecule has 0 unspecified atom stereocenters. The molecule has 0 spiro atoms. The van der Waals surface area contributed by atoms with Crippen LogP contribution in [0.2, 0.25) is 0 Å². The van der Waals surface area contributed by atoms with Gasteiger partial charge in [-0.1, -0.05) is 29.8 Å². The molecular weight excluding hydrogens is 250 g/mol. The predicted octanol–water partition coefficient (Wildman–Crippen LogP) is 3.36. The van der Waals surface area contributed by atoms with Gasteiger partial charge in [0, 0.05) is 13.1 Å². The number of rotatable bonds is 6. The van der Waals surface area contributed by atoms with Gasteiger partial charge in [-0.25, -0.2) is 0 Å². The van der Waals surface area contributed by atoms with Gasteiger partial charge in [-0.3, -0.25) is 4.90 Å². The van der Waals surface area contributed by atoms with Crippen molar-refractivity contribution in [1.82, 2.24) is 4.90 Å². The van der Waals surface area contributed by atoms with Gasteiger partial charge >= 0.3 is 0 Å². The Morgan fingerprint density at radius 3 is 2.55 bits per heavy atom. The van der Waals surface area contributed by atoms with Gasteiger partial charge in [-0.15, -0.1) is 0 Å². The van der Waals surface area contributed by atoms with Crippen LogP contribution in [0.4, 0.5) is 0 Å². The third-order valence-corrected chi connectivity index (χ3v) is 3.06. The third kappa shape index (κ3) is 4.83. The molecule has 1 N–H and O–H groups in total. The van der Waals surface area contributed by atoms with Gasteiger partial charge in [-0.05, 0) is 38.5 Å². The van der Waals surface area contributed by atoms with Crippen LogP contribution in [-0.2, 0) is 13.1 Å². The molecule has 0 fully saturated rings. The van der Waals surface area contributed by atoms with Gasteiger partial charge in [0.05, 0.1) is 18.4 Å². The Balaban J connectivity index is 2.09. The smallest absolute Gasteiger partial charge is 0.117 e. The summed E-state index contributed by atoms with van der Waals surface area (Å²) in [5.41, 5.74) is 1.78. The van der Waals surface area contributed by atoms with Crippen molar-refractivity contribution in [3.63, 3.8) is 0 Å². The molecule has 2 aromatic rings. The zero-order chi connectivity index (χ0) is 14.6. The number of furan rings is 1. The molecule has 1 aromatic carbocycles. The van der Waals surface area contributed by atoms with Crippen molar-refractivity contribution in [2.45, 2.75) is 39.5 Å². The Morgan fingerprint density at radius 2 is 1.95 bits per heavy atom. The lowest BCUT2D eigenvalue weighted by atomic mass is 10.1. The largest absolute Gasteiger partial charge is 0.468 e. The zero-order valence-electron chi connectivity index (χ0n) is 12.5. The molecule has 0 saturated heterocycles. The lowest BCUT2D eigenvalue weighted by Gasteiger charge is -2.28. The van der Waals surface area contributed by atoms with E-state index in [0.717, 1.165) is 12.3 Å². The summed E-state index contributed by atoms with van der Waals surface area (Å²) in [6.45, 7) is 7.85. The first-order valence-electron chi connectivity index (χ1n) is 6.95. The quantitative estimate of drug-likeness (QED) is 0.876. The van der Waals surface area contributed by atoms with Crippen LogP contribution in [0, 0.1) is 6.92 Å². The van der Waals surface area contributed by atoms with E-state index < -0.39 is 5.60 Å². The van der Waals surface area contributed by atoms with E-state index in [4.69, 9.17) is 4.42 Å². The first-order valence-corrected chi connectivity index (χ1v) is 6.95. The fourth-order valence-corrected chi connectivity index (χ4v) is 2.41. The fourth-order valence-electron chi connectivity index (χ4n) is 2.41. The summed E-state index contributed by atoms with van der Waals surface area (Å²) in [5.74, 6) is 0.918. The van der Waals surface area contributed by atoms with Crippen molar-refractivity contribution in [1.29, 1.82) is 0 Å². The molecule has 0 bridgehead atoms. The molecule has 1 heterocycles. The number of aliphatic hydroxyl groups is 1. The van der Waals surface area contributed by atoms with E-state index in [0.29, 0.717) is 13.1 Å². The van der Waals surface area contributed by atoms with Crippen LogP contribution >= 0.6 is 0 Å². The van der Waals surface area contributed by atoms with Crippen molar-refractivity contribution in [2.75, 3.05) is 6.54 Å². The van der Waals surface area contributed by atoms with Crippen LogP contribution in [0.3, 0.4) is 0 Å². The summed E-state index contributed by atoms with van der Waals surface area (Å²) in [6, 6.07) is 12.3. The highest BCUT2D eigenvalue weighted by atomic mass is 16.3. The topological polar surface area (TPSA) is 36.6 Å². The first kappa shape index (κ1) is 14.8. The number of hydrogen-bond acceptors (Lipinski definition) is 3. The summed E-state index contributed by atoms with van der Waals surface area (Å²) >= 11 is 0. The average Bonchev–Trinajstić information content (AvgIpc) is 2.79. The van der Waals surface area contributed by atoms with E-state index in [1.807, 2.05) is 26.0 Å². The Hall–Kier alpha value is -1.58. The van der Waals surface area contributed by atoms with Crippen molar-refractivity contribution >= 4 is 0 Å². The highest BCUT2D eigenvalue weighted by molar-refractivity contribution is 5.22. The van der Waals surface area contributed by atoms with Gasteiger partial charge in [0.2, 0.25) is 0 Å². The molecule has 1 aromatic heterocycles. The normalized spacial score (nSPS) is 12.1. The summed E-state index contributed by atoms with van der Waals surface area (Å²) < 4.78 is 5.42. The van der Waals surface area contributed by atoms with Gasteiger partial charge in [0.15, 0.2) is 0 Å². The maximum absolute atomic E-state index is 10.1. The molecule has 20 heavy (non-hydrogen) atoms. The van der Waals surface area contributed by atoms with Crippen LogP contribution in [0.25, 0.3) is 0 Å². The highest BCUT2D eigenvalue weighted by Crippen LogP contribution is 2.15. The highest BCUT2D eigenvalue weighted by Gasteiger charge is 2.19. The van der Waals surface area contributed by atoms with Crippen LogP contribution in [0.1, 0.15) is 30.7 Å². The van der Waals surface area contributed by atoms with Crippen molar-refractivity contribution in [2.24, 2.45) is 0 Å². The molecule has 0 aliphatic rings. The van der Waals surface area contributed by atoms with E-state index in [2.05, 4.69) is 36.1 Å². The Kier molecular flexibility index (Phi) is 4.63. The molecule has 0 radical (unpaired) electrons. The van der Waals surface area contributed by atoms with Crippen LogP contribution in [-0.4, -0.2) is 22.2 Å². The van der Waals surface area contributed by atoms with Crippen LogP contribution < -0.4 is 0 Å². The SMILES string of the molecule is Cc1cccc(CN(Cc2ccco2)CC(C)(C)O)c1. The maximum Gasteiger partial charge on any atom is 0.117 e. The van der Waals surface area contributed by atoms with Crippen LogP contribution in [0.5, 0.6) is 0 Å². The molecule has 0 amide bonds. The van der Waals surface area contributed by atoms with Gasteiger partial charge in [-0.2, -0.15) is 0 Å². The second-order valence-corrected chi connectivity index (χ2v) is 6.03. The number of benzene rings is 1. The molecule has 2 rings (SSSR count). The van der Waals surface area contributed by atoms with Gasteiger partial charge < -0.3 is 9.52 Å². The Morgan fingerprint density at radius 1 is 1.15 bits per heavy atom. The van der Waals surface area contributed by atoms with Crippen molar-refractivity contribution in [3.05, 3.63) is 59.5 Å². The van der Waals surface area contributed by atoms with E-state index in [-0.39, 0.29) is 0 Å². The summed E-state index contributed by atoms with van der Waals surface area (Å²) in [6.07, 6.45) is 1.68. The number of nitrogens with zero attached hydrogens (tertiary/aromatic N) is 1. The van der Waals surface area contributed by atoms with Gasteiger partial charge in [0.1, 0.15) is 5.76 Å². The first-order chi connectivity index (χ1) is 9.42. The van der Waals surface area contributed by atoms with Crippen molar-refractivity contribution < 1.29 is 9.52 Å². The summed E-state index contributed by atoms with van der Waals surface area (Å²) in [7, 11) is 0. The number of hydrogen-bond donors (Lipinski definition) is 1. The predicted molar refractivity (Wildman–Crippen MR) is 80.3 cm³/mol. The third-order valence-electron chi connectivity index (χ3n) is 3.06. The van der Waals surface area contributed by atoms with Gasteiger partial charge in [0.25, 0.3) is 0 Å². The van der Waals surface area contributed by atoms with Crippen LogP contribution in [0.15, 0.2) is 47.1 Å². The Bertz CT molecular complexity index is 526. The second kappa shape index (κ2) is 6.25. The summed E-state index contributed by atoms with van der Waals surface area (Å²) in [4.78, 5) is 2.20. The molecular formula is C17H23NO2. The number of aryl methyl sites for hydroxylation is 1. The molecule has 3 heteroatoms.